The van der Waals surface area contributed by atoms with Crippen molar-refractivity contribution in [3.8, 4) is 11.4 Å². The van der Waals surface area contributed by atoms with Gasteiger partial charge in [-0.1, -0.05) is 6.07 Å². The number of nitrogens with zero attached hydrogens (tertiary/aromatic N) is 5. The first-order valence-electron chi connectivity index (χ1n) is 7.39. The summed E-state index contributed by atoms with van der Waals surface area (Å²) in [7, 11) is 0. The van der Waals surface area contributed by atoms with Crippen LogP contribution >= 0.6 is 0 Å². The van der Waals surface area contributed by atoms with E-state index in [-0.39, 0.29) is 13.1 Å². The molecule has 0 aliphatic rings. The molecule has 0 saturated heterocycles. The number of hydrogen-bond acceptors (Lipinski definition) is 6. The average Bonchev–Trinajstić information content (AvgIpc) is 2.90. The number of nitrogens with two attached hydrogens (primary N) is 1. The summed E-state index contributed by atoms with van der Waals surface area (Å²) in [6.07, 6.45) is 1.64. The van der Waals surface area contributed by atoms with Gasteiger partial charge in [-0.25, -0.2) is 18.9 Å². The lowest BCUT2D eigenvalue weighted by Gasteiger charge is -2.02. The third kappa shape index (κ3) is 3.37. The van der Waals surface area contributed by atoms with Crippen molar-refractivity contribution >= 4 is 17.5 Å². The highest BCUT2D eigenvalue weighted by Gasteiger charge is 2.15. The Morgan fingerprint density at radius 3 is 2.76 bits per heavy atom. The molecule has 0 atom stereocenters. The van der Waals surface area contributed by atoms with Crippen molar-refractivity contribution in [1.82, 2.24) is 29.5 Å². The Labute approximate surface area is 141 Å². The Bertz CT molecular complexity index is 1010. The molecule has 2 amide bonds. The van der Waals surface area contributed by atoms with Gasteiger partial charge in [-0.15, -0.1) is 5.10 Å². The van der Waals surface area contributed by atoms with E-state index in [4.69, 9.17) is 5.73 Å². The normalized spacial score (nSPS) is 10.8. The number of carbonyl (C=O) groups is 2. The zero-order valence-corrected chi connectivity index (χ0v) is 13.3. The monoisotopic (exact) mass is 341 g/mol. The van der Waals surface area contributed by atoms with Gasteiger partial charge in [0.05, 0.1) is 17.9 Å². The smallest absolute Gasteiger partial charge is 0.352 e. The summed E-state index contributed by atoms with van der Waals surface area (Å²) in [6, 6.07) is 7.04. The first-order valence-corrected chi connectivity index (χ1v) is 7.39. The fraction of sp³-hybridized carbons (Fsp3) is 0.200. The van der Waals surface area contributed by atoms with Crippen LogP contribution in [0.3, 0.4) is 0 Å². The lowest BCUT2D eigenvalue weighted by molar-refractivity contribution is -0.125. The molecular formula is C15H15N7O3. The molecule has 0 spiro atoms. The van der Waals surface area contributed by atoms with Gasteiger partial charge in [0, 0.05) is 12.3 Å². The Morgan fingerprint density at radius 2 is 2.08 bits per heavy atom. The van der Waals surface area contributed by atoms with Crippen LogP contribution in [0.5, 0.6) is 0 Å². The number of primary amides is 1. The number of aromatic nitrogens is 5. The van der Waals surface area contributed by atoms with E-state index in [0.29, 0.717) is 22.9 Å². The van der Waals surface area contributed by atoms with Gasteiger partial charge >= 0.3 is 5.69 Å². The molecule has 3 aromatic heterocycles. The topological polar surface area (TPSA) is 137 Å². The van der Waals surface area contributed by atoms with Gasteiger partial charge in [-0.05, 0) is 19.1 Å². The maximum Gasteiger partial charge on any atom is 0.352 e. The summed E-state index contributed by atoms with van der Waals surface area (Å²) >= 11 is 0. The highest BCUT2D eigenvalue weighted by Crippen LogP contribution is 2.15. The molecule has 3 rings (SSSR count). The second-order valence-electron chi connectivity index (χ2n) is 5.28. The summed E-state index contributed by atoms with van der Waals surface area (Å²) in [5.41, 5.74) is 6.03. The number of amides is 2. The van der Waals surface area contributed by atoms with Crippen molar-refractivity contribution in [2.45, 2.75) is 13.5 Å². The van der Waals surface area contributed by atoms with Crippen LogP contribution in [0.1, 0.15) is 5.82 Å². The van der Waals surface area contributed by atoms with Crippen LogP contribution in [0, 0.1) is 6.92 Å². The molecule has 0 radical (unpaired) electrons. The average molecular weight is 341 g/mol. The van der Waals surface area contributed by atoms with E-state index in [2.05, 4.69) is 20.4 Å². The SMILES string of the molecule is Cc1nc(-c2ccccn2)cc2nn(CC(=O)NCC(N)=O)c(=O)n12. The third-order valence-corrected chi connectivity index (χ3v) is 3.42. The second kappa shape index (κ2) is 6.51. The number of hydrogen-bond donors (Lipinski definition) is 2. The van der Waals surface area contributed by atoms with Crippen molar-refractivity contribution in [2.24, 2.45) is 5.73 Å². The maximum atomic E-state index is 12.4. The third-order valence-electron chi connectivity index (χ3n) is 3.42. The van der Waals surface area contributed by atoms with E-state index >= 15 is 0 Å². The molecule has 0 aromatic carbocycles. The molecule has 3 aromatic rings. The fourth-order valence-corrected chi connectivity index (χ4v) is 2.33. The van der Waals surface area contributed by atoms with E-state index in [1.807, 2.05) is 6.07 Å². The molecule has 0 unspecified atom stereocenters. The standard InChI is InChI=1S/C15H15N7O3/c1-9-19-11(10-4-2-3-5-17-10)6-13-20-21(15(25)22(9)13)8-14(24)18-7-12(16)23/h2-6H,7-8H2,1H3,(H2,16,23)(H,18,24). The molecule has 3 heterocycles. The first kappa shape index (κ1) is 16.3. The molecule has 0 aliphatic heterocycles. The molecule has 0 aliphatic carbocycles. The van der Waals surface area contributed by atoms with E-state index < -0.39 is 17.5 Å². The minimum absolute atomic E-state index is 0.300. The van der Waals surface area contributed by atoms with Crippen molar-refractivity contribution in [2.75, 3.05) is 6.54 Å². The van der Waals surface area contributed by atoms with Crippen LogP contribution in [0.2, 0.25) is 0 Å². The minimum Gasteiger partial charge on any atom is -0.368 e. The van der Waals surface area contributed by atoms with E-state index in [0.717, 1.165) is 4.68 Å². The van der Waals surface area contributed by atoms with Crippen molar-refractivity contribution < 1.29 is 9.59 Å². The number of pyridine rings is 1. The Morgan fingerprint density at radius 1 is 1.28 bits per heavy atom. The van der Waals surface area contributed by atoms with Gasteiger partial charge in [0.2, 0.25) is 11.8 Å². The summed E-state index contributed by atoms with van der Waals surface area (Å²) in [5, 5.41) is 6.45. The molecule has 10 nitrogen and oxygen atoms in total. The molecule has 0 fully saturated rings. The van der Waals surface area contributed by atoms with Gasteiger partial charge in [-0.3, -0.25) is 14.6 Å². The van der Waals surface area contributed by atoms with Crippen LogP contribution in [0.25, 0.3) is 17.0 Å². The summed E-state index contributed by atoms with van der Waals surface area (Å²) in [4.78, 5) is 43.5. The van der Waals surface area contributed by atoms with Gasteiger partial charge < -0.3 is 11.1 Å². The van der Waals surface area contributed by atoms with Crippen LogP contribution in [-0.4, -0.2) is 42.5 Å². The summed E-state index contributed by atoms with van der Waals surface area (Å²) < 4.78 is 2.30. The predicted molar refractivity (Wildman–Crippen MR) is 87.4 cm³/mol. The van der Waals surface area contributed by atoms with E-state index in [9.17, 15) is 14.4 Å². The molecule has 10 heteroatoms. The first-order chi connectivity index (χ1) is 12.0. The quantitative estimate of drug-likeness (QED) is 0.602. The number of carbonyl (C=O) groups excluding carboxylic acids is 2. The molecule has 128 valence electrons. The zero-order valence-electron chi connectivity index (χ0n) is 13.3. The van der Waals surface area contributed by atoms with Crippen LogP contribution in [-0.2, 0) is 16.1 Å². The molecule has 0 saturated carbocycles. The second-order valence-corrected chi connectivity index (χ2v) is 5.28. The number of rotatable bonds is 5. The predicted octanol–water partition coefficient (Wildman–Crippen LogP) is -1.14. The van der Waals surface area contributed by atoms with Crippen molar-refractivity contribution in [3.05, 3.63) is 46.8 Å². The molecular weight excluding hydrogens is 326 g/mol. The van der Waals surface area contributed by atoms with Gasteiger partial charge in [0.25, 0.3) is 0 Å². The van der Waals surface area contributed by atoms with Gasteiger partial charge in [0.1, 0.15) is 12.4 Å². The van der Waals surface area contributed by atoms with Crippen LogP contribution in [0.15, 0.2) is 35.3 Å². The highest BCUT2D eigenvalue weighted by atomic mass is 16.2. The molecule has 25 heavy (non-hydrogen) atoms. The van der Waals surface area contributed by atoms with Gasteiger partial charge in [0.15, 0.2) is 5.65 Å². The Hall–Kier alpha value is -3.56. The maximum absolute atomic E-state index is 12.4. The summed E-state index contributed by atoms with van der Waals surface area (Å²) in [6.45, 7) is 1.04. The Kier molecular flexibility index (Phi) is 4.25. The van der Waals surface area contributed by atoms with Crippen LogP contribution < -0.4 is 16.7 Å². The van der Waals surface area contributed by atoms with Crippen molar-refractivity contribution in [1.29, 1.82) is 0 Å². The minimum atomic E-state index is -0.671. The highest BCUT2D eigenvalue weighted by molar-refractivity contribution is 5.83. The van der Waals surface area contributed by atoms with Crippen LogP contribution in [0.4, 0.5) is 0 Å². The molecule has 0 bridgehead atoms. The van der Waals surface area contributed by atoms with Crippen molar-refractivity contribution in [3.63, 3.8) is 0 Å². The fourth-order valence-electron chi connectivity index (χ4n) is 2.33. The van der Waals surface area contributed by atoms with E-state index in [1.165, 1.54) is 4.40 Å². The van der Waals surface area contributed by atoms with Gasteiger partial charge in [-0.2, -0.15) is 0 Å². The Balaban J connectivity index is 1.96. The zero-order chi connectivity index (χ0) is 18.0. The number of nitrogens with one attached hydrogen (secondary N) is 1. The lowest BCUT2D eigenvalue weighted by atomic mass is 10.2. The van der Waals surface area contributed by atoms with E-state index in [1.54, 1.807) is 31.3 Å². The lowest BCUT2D eigenvalue weighted by Crippen LogP contribution is -2.37. The summed E-state index contributed by atoms with van der Waals surface area (Å²) in [5.74, 6) is -0.789. The largest absolute Gasteiger partial charge is 0.368 e. The number of fused-ring (bicyclic) bond motifs is 1. The number of aryl methyl sites for hydroxylation is 1. The molecule has 3 N–H and O–H groups in total.